The van der Waals surface area contributed by atoms with E-state index in [9.17, 15) is 14.0 Å². The molecule has 0 aliphatic rings. The number of hydrogen-bond donors (Lipinski definition) is 1. The summed E-state index contributed by atoms with van der Waals surface area (Å²) in [6, 6.07) is 13.2. The molecule has 0 unspecified atom stereocenters. The molecule has 0 saturated carbocycles. The van der Waals surface area contributed by atoms with Gasteiger partial charge < -0.3 is 10.1 Å². The molecule has 0 radical (unpaired) electrons. The van der Waals surface area contributed by atoms with Gasteiger partial charge in [-0.15, -0.1) is 0 Å². The van der Waals surface area contributed by atoms with E-state index in [0.29, 0.717) is 0 Å². The van der Waals surface area contributed by atoms with Crippen LogP contribution in [0, 0.1) is 5.82 Å². The minimum absolute atomic E-state index is 0.230. The zero-order chi connectivity index (χ0) is 18.2. The quantitative estimate of drug-likeness (QED) is 0.586. The molecule has 0 bridgehead atoms. The third kappa shape index (κ3) is 6.15. The van der Waals surface area contributed by atoms with Crippen molar-refractivity contribution < 1.29 is 18.7 Å². The molecule has 0 aromatic heterocycles. The Kier molecular flexibility index (Phi) is 6.89. The van der Waals surface area contributed by atoms with Crippen LogP contribution in [0.2, 0.25) is 0 Å². The van der Waals surface area contributed by atoms with Crippen LogP contribution in [0.4, 0.5) is 4.39 Å². The van der Waals surface area contributed by atoms with Crippen molar-refractivity contribution in [2.24, 2.45) is 0 Å². The second kappa shape index (κ2) is 9.13. The predicted octanol–water partition coefficient (Wildman–Crippen LogP) is 3.85. The fourth-order valence-corrected chi connectivity index (χ4v) is 2.39. The number of benzene rings is 2. The zero-order valence-electron chi connectivity index (χ0n) is 13.5. The van der Waals surface area contributed by atoms with Crippen molar-refractivity contribution in [2.75, 3.05) is 0 Å². The van der Waals surface area contributed by atoms with E-state index < -0.39 is 18.0 Å². The second-order valence-electron chi connectivity index (χ2n) is 5.28. The predicted molar refractivity (Wildman–Crippen MR) is 97.0 cm³/mol. The van der Waals surface area contributed by atoms with Gasteiger partial charge in [-0.1, -0.05) is 46.3 Å². The van der Waals surface area contributed by atoms with Crippen LogP contribution < -0.4 is 5.32 Å². The average Bonchev–Trinajstić information content (AvgIpc) is 2.60. The summed E-state index contributed by atoms with van der Waals surface area (Å²) in [6.07, 6.45) is 1.94. The standard InChI is InChI=1S/C19H17BrFNO3/c1-13(19(24)22-12-14-6-9-16(21)10-7-14)25-18(23)11-8-15-4-2-3-5-17(15)20/h2-11,13H,12H2,1H3,(H,22,24)/b11-8+/t13-/m1/s1. The molecule has 1 amide bonds. The summed E-state index contributed by atoms with van der Waals surface area (Å²) in [5.41, 5.74) is 1.58. The lowest BCUT2D eigenvalue weighted by atomic mass is 10.2. The van der Waals surface area contributed by atoms with E-state index in [4.69, 9.17) is 4.74 Å². The Hall–Kier alpha value is -2.47. The lowest BCUT2D eigenvalue weighted by Gasteiger charge is -2.12. The van der Waals surface area contributed by atoms with E-state index in [1.807, 2.05) is 24.3 Å². The fourth-order valence-electron chi connectivity index (χ4n) is 1.97. The Morgan fingerprint density at radius 2 is 1.88 bits per heavy atom. The first-order valence-corrected chi connectivity index (χ1v) is 8.40. The Labute approximate surface area is 153 Å². The first-order chi connectivity index (χ1) is 12.0. The van der Waals surface area contributed by atoms with Crippen LogP contribution in [0.1, 0.15) is 18.1 Å². The molecule has 0 fully saturated rings. The Bertz CT molecular complexity index is 774. The third-order valence-electron chi connectivity index (χ3n) is 3.35. The maximum Gasteiger partial charge on any atom is 0.331 e. The first-order valence-electron chi connectivity index (χ1n) is 7.61. The van der Waals surface area contributed by atoms with Gasteiger partial charge in [0, 0.05) is 17.1 Å². The van der Waals surface area contributed by atoms with Gasteiger partial charge in [0.2, 0.25) is 0 Å². The highest BCUT2D eigenvalue weighted by molar-refractivity contribution is 9.10. The van der Waals surface area contributed by atoms with Crippen molar-refractivity contribution in [1.29, 1.82) is 0 Å². The normalized spacial score (nSPS) is 12.0. The van der Waals surface area contributed by atoms with Crippen molar-refractivity contribution >= 4 is 33.9 Å². The number of esters is 1. The van der Waals surface area contributed by atoms with Gasteiger partial charge in [-0.2, -0.15) is 0 Å². The number of amides is 1. The Balaban J connectivity index is 1.82. The van der Waals surface area contributed by atoms with Crippen LogP contribution in [0.15, 0.2) is 59.1 Å². The second-order valence-corrected chi connectivity index (χ2v) is 6.13. The van der Waals surface area contributed by atoms with Gasteiger partial charge in [0.25, 0.3) is 5.91 Å². The van der Waals surface area contributed by atoms with Crippen LogP contribution in [-0.4, -0.2) is 18.0 Å². The summed E-state index contributed by atoms with van der Waals surface area (Å²) in [6.45, 7) is 1.72. The third-order valence-corrected chi connectivity index (χ3v) is 4.07. The zero-order valence-corrected chi connectivity index (χ0v) is 15.1. The molecule has 2 aromatic rings. The molecule has 1 atom stereocenters. The topological polar surface area (TPSA) is 55.4 Å². The summed E-state index contributed by atoms with van der Waals surface area (Å²) in [4.78, 5) is 23.8. The minimum Gasteiger partial charge on any atom is -0.449 e. The first kappa shape index (κ1) is 18.9. The maximum atomic E-state index is 12.8. The molecule has 0 aliphatic heterocycles. The highest BCUT2D eigenvalue weighted by atomic mass is 79.9. The number of ether oxygens (including phenoxy) is 1. The van der Waals surface area contributed by atoms with Gasteiger partial charge in [0.05, 0.1) is 0 Å². The molecule has 0 saturated heterocycles. The summed E-state index contributed by atoms with van der Waals surface area (Å²) in [5, 5.41) is 2.64. The van der Waals surface area contributed by atoms with Crippen molar-refractivity contribution in [1.82, 2.24) is 5.32 Å². The molecule has 130 valence electrons. The van der Waals surface area contributed by atoms with E-state index in [-0.39, 0.29) is 12.4 Å². The number of carbonyl (C=O) groups excluding carboxylic acids is 2. The van der Waals surface area contributed by atoms with E-state index in [1.54, 1.807) is 18.2 Å². The molecule has 4 nitrogen and oxygen atoms in total. The molecule has 0 aliphatic carbocycles. The van der Waals surface area contributed by atoms with Crippen molar-refractivity contribution in [2.45, 2.75) is 19.6 Å². The van der Waals surface area contributed by atoms with Crippen LogP contribution in [0.5, 0.6) is 0 Å². The van der Waals surface area contributed by atoms with Crippen LogP contribution in [0.25, 0.3) is 6.08 Å². The number of nitrogens with one attached hydrogen (secondary N) is 1. The number of hydrogen-bond acceptors (Lipinski definition) is 3. The SMILES string of the molecule is C[C@@H](OC(=O)/C=C/c1ccccc1Br)C(=O)NCc1ccc(F)cc1. The highest BCUT2D eigenvalue weighted by Crippen LogP contribution is 2.17. The minimum atomic E-state index is -0.934. The van der Waals surface area contributed by atoms with E-state index >= 15 is 0 Å². The molecule has 25 heavy (non-hydrogen) atoms. The van der Waals surface area contributed by atoms with Crippen LogP contribution in [0.3, 0.4) is 0 Å². The number of rotatable bonds is 6. The maximum absolute atomic E-state index is 12.8. The molecule has 0 heterocycles. The lowest BCUT2D eigenvalue weighted by Crippen LogP contribution is -2.35. The summed E-state index contributed by atoms with van der Waals surface area (Å²) >= 11 is 3.38. The molecule has 0 spiro atoms. The van der Waals surface area contributed by atoms with Gasteiger partial charge >= 0.3 is 5.97 Å². The monoisotopic (exact) mass is 405 g/mol. The van der Waals surface area contributed by atoms with Crippen molar-refractivity contribution in [3.05, 3.63) is 76.0 Å². The average molecular weight is 406 g/mol. The van der Waals surface area contributed by atoms with E-state index in [2.05, 4.69) is 21.2 Å². The van der Waals surface area contributed by atoms with Gasteiger partial charge in [0.1, 0.15) is 5.82 Å². The molecular formula is C19H17BrFNO3. The lowest BCUT2D eigenvalue weighted by molar-refractivity contribution is -0.150. The van der Waals surface area contributed by atoms with Crippen LogP contribution in [-0.2, 0) is 20.9 Å². The van der Waals surface area contributed by atoms with Crippen molar-refractivity contribution in [3.63, 3.8) is 0 Å². The highest BCUT2D eigenvalue weighted by Gasteiger charge is 2.16. The summed E-state index contributed by atoms with van der Waals surface area (Å²) in [5.74, 6) is -1.37. The van der Waals surface area contributed by atoms with E-state index in [0.717, 1.165) is 15.6 Å². The number of halogens is 2. The van der Waals surface area contributed by atoms with Gasteiger partial charge in [-0.3, -0.25) is 4.79 Å². The van der Waals surface area contributed by atoms with Crippen molar-refractivity contribution in [3.8, 4) is 0 Å². The summed E-state index contributed by atoms with van der Waals surface area (Å²) < 4.78 is 18.7. The van der Waals surface area contributed by atoms with Crippen LogP contribution >= 0.6 is 15.9 Å². The molecule has 2 aromatic carbocycles. The molecular weight excluding hydrogens is 389 g/mol. The Morgan fingerprint density at radius 3 is 2.56 bits per heavy atom. The van der Waals surface area contributed by atoms with Gasteiger partial charge in [-0.05, 0) is 42.3 Å². The molecule has 6 heteroatoms. The Morgan fingerprint density at radius 1 is 1.20 bits per heavy atom. The van der Waals surface area contributed by atoms with E-state index in [1.165, 1.54) is 25.1 Å². The summed E-state index contributed by atoms with van der Waals surface area (Å²) in [7, 11) is 0. The smallest absolute Gasteiger partial charge is 0.331 e. The fraction of sp³-hybridized carbons (Fsp3) is 0.158. The molecule has 1 N–H and O–H groups in total. The largest absolute Gasteiger partial charge is 0.449 e. The molecule has 2 rings (SSSR count). The van der Waals surface area contributed by atoms with Gasteiger partial charge in [0.15, 0.2) is 6.10 Å². The van der Waals surface area contributed by atoms with Gasteiger partial charge in [-0.25, -0.2) is 9.18 Å². The number of carbonyl (C=O) groups is 2.